The number of benzene rings is 2. The van der Waals surface area contributed by atoms with Gasteiger partial charge in [-0.3, -0.25) is 0 Å². The third kappa shape index (κ3) is 3.30. The molecular weight excluding hydrogens is 336 g/mol. The average Bonchev–Trinajstić information content (AvgIpc) is 3.46. The Bertz CT molecular complexity index is 754. The summed E-state index contributed by atoms with van der Waals surface area (Å²) in [5.41, 5.74) is 1.75. The van der Waals surface area contributed by atoms with Crippen LogP contribution in [0.5, 0.6) is 23.0 Å². The second-order valence-corrected chi connectivity index (χ2v) is 6.17. The molecule has 0 bridgehead atoms. The van der Waals surface area contributed by atoms with Crippen LogP contribution in [0.25, 0.3) is 0 Å². The molecule has 0 amide bonds. The monoisotopic (exact) mass is 360 g/mol. The molecule has 0 atom stereocenters. The molecule has 2 aromatic rings. The van der Waals surface area contributed by atoms with Crippen molar-refractivity contribution in [2.24, 2.45) is 0 Å². The van der Waals surface area contributed by atoms with Crippen LogP contribution in [0.1, 0.15) is 24.0 Å². The number of ether oxygens (including phenoxy) is 5. The van der Waals surface area contributed by atoms with E-state index < -0.39 is 0 Å². The maximum atomic E-state index is 10.2. The quantitative estimate of drug-likeness (QED) is 0.691. The summed E-state index contributed by atoms with van der Waals surface area (Å²) >= 11 is 0. The molecule has 0 unspecified atom stereocenters. The zero-order valence-corrected chi connectivity index (χ0v) is 15.3. The van der Waals surface area contributed by atoms with Gasteiger partial charge >= 0.3 is 0 Å². The van der Waals surface area contributed by atoms with Crippen LogP contribution < -0.4 is 14.2 Å². The van der Waals surface area contributed by atoms with E-state index in [0.717, 1.165) is 29.7 Å². The van der Waals surface area contributed by atoms with E-state index in [4.69, 9.17) is 23.7 Å². The van der Waals surface area contributed by atoms with Crippen molar-refractivity contribution in [1.82, 2.24) is 0 Å². The summed E-state index contributed by atoms with van der Waals surface area (Å²) in [4.78, 5) is 0. The van der Waals surface area contributed by atoms with Crippen molar-refractivity contribution < 1.29 is 28.8 Å². The highest BCUT2D eigenvalue weighted by Gasteiger charge is 2.50. The van der Waals surface area contributed by atoms with Crippen LogP contribution in [0.15, 0.2) is 36.4 Å². The normalized spacial score (nSPS) is 14.7. The number of phenolic OH excluding ortho intramolecular Hbond substituents is 1. The molecule has 1 fully saturated rings. The van der Waals surface area contributed by atoms with Gasteiger partial charge in [-0.1, -0.05) is 24.3 Å². The maximum absolute atomic E-state index is 10.2. The molecule has 0 spiro atoms. The topological polar surface area (TPSA) is 66.4 Å². The molecular formula is C20H24O6. The average molecular weight is 360 g/mol. The molecule has 6 heteroatoms. The lowest BCUT2D eigenvalue weighted by Gasteiger charge is -2.24. The Morgan fingerprint density at radius 1 is 0.846 bits per heavy atom. The molecule has 1 aliphatic rings. The first-order valence-corrected chi connectivity index (χ1v) is 8.41. The Labute approximate surface area is 153 Å². The van der Waals surface area contributed by atoms with E-state index >= 15 is 0 Å². The molecule has 140 valence electrons. The largest absolute Gasteiger partial charge is 0.504 e. The van der Waals surface area contributed by atoms with E-state index in [9.17, 15) is 5.11 Å². The van der Waals surface area contributed by atoms with Gasteiger partial charge in [-0.2, -0.15) is 0 Å². The Morgan fingerprint density at radius 3 is 2.19 bits per heavy atom. The Balaban J connectivity index is 2.09. The number of methoxy groups -OCH3 is 3. The first-order chi connectivity index (χ1) is 12.7. The number of phenols is 1. The molecule has 0 aromatic heterocycles. The molecule has 0 heterocycles. The first-order valence-electron chi connectivity index (χ1n) is 8.41. The summed E-state index contributed by atoms with van der Waals surface area (Å²) in [6.45, 7) is 0.240. The van der Waals surface area contributed by atoms with Gasteiger partial charge in [0.25, 0.3) is 0 Å². The van der Waals surface area contributed by atoms with Crippen LogP contribution in [-0.2, 0) is 14.9 Å². The molecule has 6 nitrogen and oxygen atoms in total. The van der Waals surface area contributed by atoms with E-state index in [0.29, 0.717) is 11.5 Å². The molecule has 1 aliphatic carbocycles. The fourth-order valence-electron chi connectivity index (χ4n) is 3.31. The Kier molecular flexibility index (Phi) is 5.54. The second kappa shape index (κ2) is 7.85. The highest BCUT2D eigenvalue weighted by molar-refractivity contribution is 5.63. The van der Waals surface area contributed by atoms with Crippen LogP contribution in [0.4, 0.5) is 0 Å². The lowest BCUT2D eigenvalue weighted by molar-refractivity contribution is 0.0475. The smallest absolute Gasteiger partial charge is 0.203 e. The minimum atomic E-state index is -0.256. The predicted octanol–water partition coefficient (Wildman–Crippen LogP) is 3.45. The van der Waals surface area contributed by atoms with Gasteiger partial charge in [0.15, 0.2) is 25.1 Å². The number of hydrogen-bond donors (Lipinski definition) is 1. The Morgan fingerprint density at radius 2 is 1.54 bits per heavy atom. The number of hydrogen-bond acceptors (Lipinski definition) is 6. The minimum absolute atomic E-state index is 0.0297. The number of para-hydroxylation sites is 1. The van der Waals surface area contributed by atoms with Gasteiger partial charge in [-0.05, 0) is 25.0 Å². The van der Waals surface area contributed by atoms with Gasteiger partial charge in [-0.15, -0.1) is 0 Å². The maximum Gasteiger partial charge on any atom is 0.203 e. The van der Waals surface area contributed by atoms with Gasteiger partial charge in [0.05, 0.1) is 7.11 Å². The zero-order valence-electron chi connectivity index (χ0n) is 15.3. The van der Waals surface area contributed by atoms with Gasteiger partial charge in [0, 0.05) is 30.8 Å². The summed E-state index contributed by atoms with van der Waals surface area (Å²) in [5.74, 6) is 1.60. The summed E-state index contributed by atoms with van der Waals surface area (Å²) in [6, 6.07) is 11.4. The lowest BCUT2D eigenvalue weighted by atomic mass is 9.86. The van der Waals surface area contributed by atoms with Crippen molar-refractivity contribution in [3.8, 4) is 23.0 Å². The molecule has 0 radical (unpaired) electrons. The van der Waals surface area contributed by atoms with E-state index in [1.807, 2.05) is 24.3 Å². The molecule has 1 saturated carbocycles. The van der Waals surface area contributed by atoms with Crippen molar-refractivity contribution in [3.05, 3.63) is 47.5 Å². The van der Waals surface area contributed by atoms with Crippen LogP contribution >= 0.6 is 0 Å². The molecule has 26 heavy (non-hydrogen) atoms. The predicted molar refractivity (Wildman–Crippen MR) is 96.1 cm³/mol. The highest BCUT2D eigenvalue weighted by atomic mass is 16.7. The van der Waals surface area contributed by atoms with Crippen LogP contribution in [0.3, 0.4) is 0 Å². The summed E-state index contributed by atoms with van der Waals surface area (Å²) in [6.07, 6.45) is 1.88. The molecule has 1 N–H and O–H groups in total. The molecule has 2 aromatic carbocycles. The van der Waals surface area contributed by atoms with Crippen molar-refractivity contribution in [2.75, 3.05) is 34.9 Å². The van der Waals surface area contributed by atoms with E-state index in [1.54, 1.807) is 20.3 Å². The summed E-state index contributed by atoms with van der Waals surface area (Å²) in [5, 5.41) is 10.2. The van der Waals surface area contributed by atoms with Crippen molar-refractivity contribution in [3.63, 3.8) is 0 Å². The van der Waals surface area contributed by atoms with Crippen molar-refractivity contribution >= 4 is 0 Å². The van der Waals surface area contributed by atoms with E-state index in [-0.39, 0.29) is 24.8 Å². The van der Waals surface area contributed by atoms with Gasteiger partial charge in [0.1, 0.15) is 5.75 Å². The molecule has 3 rings (SSSR count). The van der Waals surface area contributed by atoms with Gasteiger partial charge in [0.2, 0.25) is 5.75 Å². The highest BCUT2D eigenvalue weighted by Crippen LogP contribution is 2.60. The minimum Gasteiger partial charge on any atom is -0.504 e. The van der Waals surface area contributed by atoms with Crippen LogP contribution in [0.2, 0.25) is 0 Å². The molecule has 0 saturated heterocycles. The van der Waals surface area contributed by atoms with Gasteiger partial charge < -0.3 is 28.8 Å². The standard InChI is InChI=1S/C20H24O6/c1-22-12-25-17-7-5-4-6-14(17)20(10-11-20)15-8-9-16(21)19(24-3)18(15)26-13-23-2/h4-9,21H,10-13H2,1-3H3. The van der Waals surface area contributed by atoms with Crippen LogP contribution in [-0.4, -0.2) is 40.0 Å². The summed E-state index contributed by atoms with van der Waals surface area (Å²) in [7, 11) is 4.65. The number of aromatic hydroxyl groups is 1. The van der Waals surface area contributed by atoms with Gasteiger partial charge in [-0.25, -0.2) is 0 Å². The third-order valence-corrected chi connectivity index (χ3v) is 4.62. The second-order valence-electron chi connectivity index (χ2n) is 6.17. The Hall–Kier alpha value is -2.44. The van der Waals surface area contributed by atoms with Crippen molar-refractivity contribution in [2.45, 2.75) is 18.3 Å². The number of rotatable bonds is 9. The summed E-state index contributed by atoms with van der Waals surface area (Å²) < 4.78 is 27.0. The fourth-order valence-corrected chi connectivity index (χ4v) is 3.31. The first kappa shape index (κ1) is 18.4. The fraction of sp³-hybridized carbons (Fsp3) is 0.400. The lowest BCUT2D eigenvalue weighted by Crippen LogP contribution is -2.15. The molecule has 0 aliphatic heterocycles. The SMILES string of the molecule is COCOc1ccccc1C1(c2ccc(O)c(OC)c2OCOC)CC1. The zero-order chi connectivity index (χ0) is 18.6. The van der Waals surface area contributed by atoms with Crippen molar-refractivity contribution in [1.29, 1.82) is 0 Å². The van der Waals surface area contributed by atoms with Crippen LogP contribution in [0, 0.1) is 0 Å². The van der Waals surface area contributed by atoms with E-state index in [1.165, 1.54) is 7.11 Å². The third-order valence-electron chi connectivity index (χ3n) is 4.62. The van der Waals surface area contributed by atoms with E-state index in [2.05, 4.69) is 6.07 Å².